The summed E-state index contributed by atoms with van der Waals surface area (Å²) in [5.74, 6) is 2.35. The first-order valence-electron chi connectivity index (χ1n) is 12.7. The number of aromatic nitrogens is 2. The molecule has 0 spiro atoms. The van der Waals surface area contributed by atoms with Crippen LogP contribution < -0.4 is 15.0 Å². The van der Waals surface area contributed by atoms with Crippen molar-refractivity contribution in [3.05, 3.63) is 65.5 Å². The number of morpholine rings is 1. The quantitative estimate of drug-likeness (QED) is 0.467. The molecule has 38 heavy (non-hydrogen) atoms. The summed E-state index contributed by atoms with van der Waals surface area (Å²) < 4.78 is 17.0. The summed E-state index contributed by atoms with van der Waals surface area (Å²) in [6.45, 7) is 10.6. The third-order valence-electron chi connectivity index (χ3n) is 5.81. The van der Waals surface area contributed by atoms with Crippen LogP contribution in [0.2, 0.25) is 0 Å². The molecule has 1 aliphatic rings. The zero-order valence-electron chi connectivity index (χ0n) is 22.3. The van der Waals surface area contributed by atoms with E-state index in [1.54, 1.807) is 12.1 Å². The summed E-state index contributed by atoms with van der Waals surface area (Å²) in [7, 11) is 0. The Morgan fingerprint density at radius 2 is 1.84 bits per heavy atom. The zero-order chi connectivity index (χ0) is 27.1. The summed E-state index contributed by atoms with van der Waals surface area (Å²) in [6, 6.07) is 17.4. The second kappa shape index (κ2) is 11.9. The Balaban J connectivity index is 1.50. The van der Waals surface area contributed by atoms with Gasteiger partial charge >= 0.3 is 6.09 Å². The number of hydrogen-bond donors (Lipinski definition) is 1. The van der Waals surface area contributed by atoms with Gasteiger partial charge in [0, 0.05) is 31.3 Å². The lowest BCUT2D eigenvalue weighted by atomic mass is 10.0. The monoisotopic (exact) mass is 515 g/mol. The number of carbonyl (C=O) groups excluding carboxylic acids is 1. The lowest BCUT2D eigenvalue weighted by Gasteiger charge is -2.28. The van der Waals surface area contributed by atoms with Gasteiger partial charge in [0.05, 0.1) is 24.8 Å². The molecular formula is C29H33N5O4. The first-order valence-corrected chi connectivity index (χ1v) is 12.7. The maximum Gasteiger partial charge on any atom is 0.407 e. The molecule has 9 nitrogen and oxygen atoms in total. The summed E-state index contributed by atoms with van der Waals surface area (Å²) >= 11 is 0. The van der Waals surface area contributed by atoms with Crippen molar-refractivity contribution in [2.24, 2.45) is 0 Å². The van der Waals surface area contributed by atoms with Crippen molar-refractivity contribution < 1.29 is 19.0 Å². The molecule has 2 aromatic carbocycles. The molecule has 0 saturated carbocycles. The molecule has 198 valence electrons. The van der Waals surface area contributed by atoms with E-state index >= 15 is 0 Å². The van der Waals surface area contributed by atoms with Gasteiger partial charge in [-0.2, -0.15) is 10.2 Å². The molecular weight excluding hydrogens is 482 g/mol. The fraction of sp³-hybridized carbons (Fsp3) is 0.379. The third kappa shape index (κ3) is 7.43. The number of nitriles is 1. The maximum absolute atomic E-state index is 11.9. The minimum Gasteiger partial charge on any atom is -0.444 e. The van der Waals surface area contributed by atoms with Crippen molar-refractivity contribution in [1.29, 1.82) is 5.26 Å². The van der Waals surface area contributed by atoms with Gasteiger partial charge in [-0.1, -0.05) is 24.3 Å². The van der Waals surface area contributed by atoms with E-state index in [-0.39, 0.29) is 0 Å². The van der Waals surface area contributed by atoms with Gasteiger partial charge in [0.1, 0.15) is 23.0 Å². The van der Waals surface area contributed by atoms with Gasteiger partial charge in [-0.25, -0.2) is 9.78 Å². The van der Waals surface area contributed by atoms with Crippen LogP contribution in [-0.4, -0.2) is 54.5 Å². The highest BCUT2D eigenvalue weighted by atomic mass is 16.6. The minimum atomic E-state index is -0.527. The van der Waals surface area contributed by atoms with Crippen LogP contribution in [0.4, 0.5) is 10.6 Å². The van der Waals surface area contributed by atoms with Crippen LogP contribution >= 0.6 is 0 Å². The molecule has 0 atom stereocenters. The standard InChI is InChI=1S/C29H33N5O4/c1-20-32-26(34-13-15-36-16-14-34)18-27(33-20)37-25-17-22(19-30)7-10-24(25)23-8-5-21(6-9-23)11-12-31-28(35)38-29(2,3)4/h5-10,17-18H,11-16H2,1-4H3,(H,31,35). The molecule has 9 heteroatoms. The molecule has 1 aromatic heterocycles. The zero-order valence-corrected chi connectivity index (χ0v) is 22.3. The summed E-state index contributed by atoms with van der Waals surface area (Å²) in [6.07, 6.45) is 0.242. The Hall–Kier alpha value is -4.16. The number of carbonyl (C=O) groups is 1. The molecule has 0 bridgehead atoms. The van der Waals surface area contributed by atoms with E-state index in [4.69, 9.17) is 14.2 Å². The Bertz CT molecular complexity index is 1310. The van der Waals surface area contributed by atoms with Gasteiger partial charge in [0.2, 0.25) is 5.88 Å². The number of nitrogens with zero attached hydrogens (tertiary/aromatic N) is 4. The van der Waals surface area contributed by atoms with E-state index in [9.17, 15) is 10.1 Å². The molecule has 1 N–H and O–H groups in total. The number of anilines is 1. The fourth-order valence-electron chi connectivity index (χ4n) is 4.03. The van der Waals surface area contributed by atoms with Crippen molar-refractivity contribution in [1.82, 2.24) is 15.3 Å². The van der Waals surface area contributed by atoms with E-state index < -0.39 is 11.7 Å². The SMILES string of the molecule is Cc1nc(Oc2cc(C#N)ccc2-c2ccc(CCNC(=O)OC(C)(C)C)cc2)cc(N2CCOCC2)n1. The number of alkyl carbamates (subject to hydrolysis) is 1. The molecule has 2 heterocycles. The highest BCUT2D eigenvalue weighted by Crippen LogP contribution is 2.35. The summed E-state index contributed by atoms with van der Waals surface area (Å²) in [5, 5.41) is 12.3. The Kier molecular flexibility index (Phi) is 8.44. The van der Waals surface area contributed by atoms with Crippen LogP contribution in [0, 0.1) is 18.3 Å². The number of rotatable bonds is 7. The second-order valence-electron chi connectivity index (χ2n) is 10.0. The van der Waals surface area contributed by atoms with Crippen molar-refractivity contribution in [3.8, 4) is 28.8 Å². The van der Waals surface area contributed by atoms with Crippen LogP contribution in [0.1, 0.15) is 37.7 Å². The average Bonchev–Trinajstić information content (AvgIpc) is 2.88. The van der Waals surface area contributed by atoms with E-state index in [1.807, 2.05) is 64.1 Å². The number of aryl methyl sites for hydroxylation is 1. The van der Waals surface area contributed by atoms with Gasteiger partial charge in [0.25, 0.3) is 0 Å². The molecule has 0 unspecified atom stereocenters. The number of amides is 1. The molecule has 1 saturated heterocycles. The predicted octanol–water partition coefficient (Wildman–Crippen LogP) is 5.02. The van der Waals surface area contributed by atoms with Crippen LogP contribution in [0.25, 0.3) is 11.1 Å². The number of hydrogen-bond acceptors (Lipinski definition) is 8. The normalized spacial score (nSPS) is 13.5. The molecule has 3 aromatic rings. The van der Waals surface area contributed by atoms with Crippen LogP contribution in [0.15, 0.2) is 48.5 Å². The first kappa shape index (κ1) is 26.9. The second-order valence-corrected chi connectivity index (χ2v) is 10.0. The smallest absolute Gasteiger partial charge is 0.407 e. The van der Waals surface area contributed by atoms with E-state index in [0.29, 0.717) is 49.2 Å². The molecule has 1 fully saturated rings. The van der Waals surface area contributed by atoms with Gasteiger partial charge in [0.15, 0.2) is 0 Å². The third-order valence-corrected chi connectivity index (χ3v) is 5.81. The summed E-state index contributed by atoms with van der Waals surface area (Å²) in [5.41, 5.74) is 2.82. The molecule has 1 aliphatic heterocycles. The van der Waals surface area contributed by atoms with Crippen molar-refractivity contribution >= 4 is 11.9 Å². The van der Waals surface area contributed by atoms with Gasteiger partial charge < -0.3 is 24.4 Å². The highest BCUT2D eigenvalue weighted by molar-refractivity contribution is 5.72. The minimum absolute atomic E-state index is 0.417. The van der Waals surface area contributed by atoms with Crippen molar-refractivity contribution in [2.75, 3.05) is 37.7 Å². The maximum atomic E-state index is 11.9. The van der Waals surface area contributed by atoms with Gasteiger partial charge in [-0.3, -0.25) is 0 Å². The molecule has 0 aliphatic carbocycles. The highest BCUT2D eigenvalue weighted by Gasteiger charge is 2.17. The van der Waals surface area contributed by atoms with E-state index in [0.717, 1.165) is 35.6 Å². The number of ether oxygens (including phenoxy) is 3. The van der Waals surface area contributed by atoms with E-state index in [2.05, 4.69) is 26.3 Å². The largest absolute Gasteiger partial charge is 0.444 e. The molecule has 0 radical (unpaired) electrons. The van der Waals surface area contributed by atoms with Crippen molar-refractivity contribution in [3.63, 3.8) is 0 Å². The fourth-order valence-corrected chi connectivity index (χ4v) is 4.03. The van der Waals surface area contributed by atoms with E-state index in [1.165, 1.54) is 0 Å². The van der Waals surface area contributed by atoms with Gasteiger partial charge in [-0.15, -0.1) is 0 Å². The Morgan fingerprint density at radius 3 is 2.53 bits per heavy atom. The molecule has 4 rings (SSSR count). The topological polar surface area (TPSA) is 110 Å². The molecule has 1 amide bonds. The summed E-state index contributed by atoms with van der Waals surface area (Å²) in [4.78, 5) is 23.1. The Labute approximate surface area is 223 Å². The number of nitrogens with one attached hydrogen (secondary N) is 1. The number of benzene rings is 2. The van der Waals surface area contributed by atoms with Gasteiger partial charge in [-0.05, 0) is 63.4 Å². The van der Waals surface area contributed by atoms with Crippen LogP contribution in [-0.2, 0) is 15.9 Å². The average molecular weight is 516 g/mol. The first-order chi connectivity index (χ1) is 18.2. The predicted molar refractivity (Wildman–Crippen MR) is 144 cm³/mol. The lowest BCUT2D eigenvalue weighted by molar-refractivity contribution is 0.0528. The Morgan fingerprint density at radius 1 is 1.11 bits per heavy atom. The van der Waals surface area contributed by atoms with Crippen molar-refractivity contribution in [2.45, 2.75) is 39.7 Å². The van der Waals surface area contributed by atoms with Crippen LogP contribution in [0.3, 0.4) is 0 Å². The van der Waals surface area contributed by atoms with Crippen LogP contribution in [0.5, 0.6) is 11.6 Å². The lowest BCUT2D eigenvalue weighted by Crippen LogP contribution is -2.36.